The number of benzene rings is 2. The summed E-state index contributed by atoms with van der Waals surface area (Å²) in [7, 11) is 0. The van der Waals surface area contributed by atoms with Crippen LogP contribution < -0.4 is 4.74 Å². The minimum Gasteiger partial charge on any atom is -0.490 e. The van der Waals surface area contributed by atoms with Crippen LogP contribution in [-0.4, -0.2) is 39.1 Å². The number of alkyl halides is 3. The molecule has 1 aromatic heterocycles. The molecule has 1 N–H and O–H groups in total. The molecule has 0 radical (unpaired) electrons. The van der Waals surface area contributed by atoms with Gasteiger partial charge in [-0.1, -0.05) is 12.1 Å². The highest BCUT2D eigenvalue weighted by molar-refractivity contribution is 6.21. The summed E-state index contributed by atoms with van der Waals surface area (Å²) in [6.45, 7) is 0. The standard InChI is InChI=1S/C22H18F3N3O3/c23-22(24,25)19-16-11-26-27-17(16)8-9-18(19)31-13-5-3-4-12(10-13)28-20(29)14-6-1-2-7-15(14)21(28)30/h1-2,6-9,11-13H,3-5,10H2,(H,26,27)/t12-,13-/m1/s1. The first-order chi connectivity index (χ1) is 14.8. The lowest BCUT2D eigenvalue weighted by atomic mass is 9.91. The van der Waals surface area contributed by atoms with Gasteiger partial charge in [-0.2, -0.15) is 18.3 Å². The van der Waals surface area contributed by atoms with Crippen LogP contribution in [0.4, 0.5) is 13.2 Å². The van der Waals surface area contributed by atoms with E-state index in [4.69, 9.17) is 4.74 Å². The molecule has 1 saturated carbocycles. The second-order valence-corrected chi connectivity index (χ2v) is 7.85. The molecule has 5 rings (SSSR count). The van der Waals surface area contributed by atoms with E-state index in [1.54, 1.807) is 24.3 Å². The fourth-order valence-corrected chi connectivity index (χ4v) is 4.57. The molecular weight excluding hydrogens is 411 g/mol. The number of halogens is 3. The summed E-state index contributed by atoms with van der Waals surface area (Å²) in [6, 6.07) is 8.99. The van der Waals surface area contributed by atoms with Crippen LogP contribution in [0.15, 0.2) is 42.6 Å². The number of amides is 2. The van der Waals surface area contributed by atoms with E-state index in [0.29, 0.717) is 30.4 Å². The maximum Gasteiger partial charge on any atom is 0.420 e. The molecular formula is C22H18F3N3O3. The number of carbonyl (C=O) groups excluding carboxylic acids is 2. The summed E-state index contributed by atoms with van der Waals surface area (Å²) >= 11 is 0. The molecule has 0 unspecified atom stereocenters. The monoisotopic (exact) mass is 429 g/mol. The van der Waals surface area contributed by atoms with Crippen LogP contribution >= 0.6 is 0 Å². The SMILES string of the molecule is O=C1c2ccccc2C(=O)N1[C@@H]1CCC[C@@H](Oc2ccc3[nH]ncc3c2C(F)(F)F)C1. The zero-order valence-electron chi connectivity index (χ0n) is 16.3. The lowest BCUT2D eigenvalue weighted by Gasteiger charge is -2.34. The van der Waals surface area contributed by atoms with Crippen LogP contribution in [-0.2, 0) is 6.18 Å². The number of fused-ring (bicyclic) bond motifs is 2. The number of aromatic nitrogens is 2. The van der Waals surface area contributed by atoms with Gasteiger partial charge in [-0.15, -0.1) is 0 Å². The fourth-order valence-electron chi connectivity index (χ4n) is 4.57. The molecule has 0 bridgehead atoms. The Balaban J connectivity index is 1.40. The molecule has 2 atom stereocenters. The summed E-state index contributed by atoms with van der Waals surface area (Å²) < 4.78 is 47.1. The van der Waals surface area contributed by atoms with Crippen LogP contribution in [0.2, 0.25) is 0 Å². The molecule has 2 aliphatic rings. The molecule has 1 aliphatic heterocycles. The Labute approximate surface area is 175 Å². The first-order valence-corrected chi connectivity index (χ1v) is 10.0. The highest BCUT2D eigenvalue weighted by Gasteiger charge is 2.42. The number of nitrogens with one attached hydrogen (secondary N) is 1. The van der Waals surface area contributed by atoms with Crippen molar-refractivity contribution in [2.24, 2.45) is 0 Å². The van der Waals surface area contributed by atoms with Gasteiger partial charge in [0.2, 0.25) is 0 Å². The topological polar surface area (TPSA) is 75.3 Å². The highest BCUT2D eigenvalue weighted by atomic mass is 19.4. The highest BCUT2D eigenvalue weighted by Crippen LogP contribution is 2.42. The summed E-state index contributed by atoms with van der Waals surface area (Å²) in [4.78, 5) is 26.8. The normalized spacial score (nSPS) is 21.6. The predicted molar refractivity (Wildman–Crippen MR) is 105 cm³/mol. The summed E-state index contributed by atoms with van der Waals surface area (Å²) in [6.07, 6.45) is -1.97. The Bertz CT molecular complexity index is 1150. The van der Waals surface area contributed by atoms with E-state index in [0.717, 1.165) is 6.20 Å². The van der Waals surface area contributed by atoms with Crippen LogP contribution in [0.25, 0.3) is 10.9 Å². The smallest absolute Gasteiger partial charge is 0.420 e. The van der Waals surface area contributed by atoms with Crippen LogP contribution in [0.3, 0.4) is 0 Å². The maximum atomic E-state index is 13.8. The van der Waals surface area contributed by atoms with Crippen LogP contribution in [0, 0.1) is 0 Å². The molecule has 2 aromatic carbocycles. The number of rotatable bonds is 3. The Morgan fingerprint density at radius 3 is 2.42 bits per heavy atom. The van der Waals surface area contributed by atoms with E-state index in [1.165, 1.54) is 17.0 Å². The van der Waals surface area contributed by atoms with Gasteiger partial charge in [-0.3, -0.25) is 19.6 Å². The van der Waals surface area contributed by atoms with Gasteiger partial charge >= 0.3 is 6.18 Å². The van der Waals surface area contributed by atoms with E-state index >= 15 is 0 Å². The lowest BCUT2D eigenvalue weighted by Crippen LogP contribution is -2.44. The minimum atomic E-state index is -4.62. The average molecular weight is 429 g/mol. The lowest BCUT2D eigenvalue weighted by molar-refractivity contribution is -0.138. The van der Waals surface area contributed by atoms with Gasteiger partial charge in [0.05, 0.1) is 22.8 Å². The van der Waals surface area contributed by atoms with Crippen molar-refractivity contribution < 1.29 is 27.5 Å². The van der Waals surface area contributed by atoms with Crippen molar-refractivity contribution in [3.8, 4) is 5.75 Å². The number of hydrogen-bond donors (Lipinski definition) is 1. The molecule has 1 aliphatic carbocycles. The third-order valence-electron chi connectivity index (χ3n) is 5.95. The fraction of sp³-hybridized carbons (Fsp3) is 0.318. The predicted octanol–water partition coefficient (Wildman–Crippen LogP) is 4.57. The van der Waals surface area contributed by atoms with E-state index in [2.05, 4.69) is 10.2 Å². The van der Waals surface area contributed by atoms with E-state index in [9.17, 15) is 22.8 Å². The number of nitrogens with zero attached hydrogens (tertiary/aromatic N) is 2. The van der Waals surface area contributed by atoms with Gasteiger partial charge in [0.15, 0.2) is 0 Å². The van der Waals surface area contributed by atoms with Crippen LogP contribution in [0.5, 0.6) is 5.75 Å². The first-order valence-electron chi connectivity index (χ1n) is 10.0. The third kappa shape index (κ3) is 3.24. The van der Waals surface area contributed by atoms with Crippen molar-refractivity contribution >= 4 is 22.7 Å². The molecule has 3 aromatic rings. The average Bonchev–Trinajstić information content (AvgIpc) is 3.30. The summed E-state index contributed by atoms with van der Waals surface area (Å²) in [5.41, 5.74) is 0.120. The van der Waals surface area contributed by atoms with Gasteiger partial charge in [0.25, 0.3) is 11.8 Å². The molecule has 9 heteroatoms. The van der Waals surface area contributed by atoms with E-state index in [-0.39, 0.29) is 34.9 Å². The zero-order chi connectivity index (χ0) is 21.8. The van der Waals surface area contributed by atoms with Crippen molar-refractivity contribution in [1.29, 1.82) is 0 Å². The number of ether oxygens (including phenoxy) is 1. The Morgan fingerprint density at radius 1 is 1.03 bits per heavy atom. The Kier molecular flexibility index (Phi) is 4.49. The third-order valence-corrected chi connectivity index (χ3v) is 5.95. The van der Waals surface area contributed by atoms with E-state index < -0.39 is 23.9 Å². The number of imide groups is 1. The number of hydrogen-bond acceptors (Lipinski definition) is 4. The Hall–Kier alpha value is -3.36. The molecule has 2 amide bonds. The van der Waals surface area contributed by atoms with Gasteiger partial charge in [0, 0.05) is 17.8 Å². The number of carbonyl (C=O) groups is 2. The quantitative estimate of drug-likeness (QED) is 0.619. The first kappa shape index (κ1) is 19.6. The molecule has 2 heterocycles. The largest absolute Gasteiger partial charge is 0.490 e. The van der Waals surface area contributed by atoms with Crippen molar-refractivity contribution in [2.75, 3.05) is 0 Å². The minimum absolute atomic E-state index is 0.0577. The maximum absolute atomic E-state index is 13.8. The molecule has 6 nitrogen and oxygen atoms in total. The second kappa shape index (κ2) is 7.11. The van der Waals surface area contributed by atoms with Gasteiger partial charge in [-0.05, 0) is 43.5 Å². The second-order valence-electron chi connectivity index (χ2n) is 7.85. The van der Waals surface area contributed by atoms with Gasteiger partial charge < -0.3 is 4.74 Å². The number of aromatic amines is 1. The van der Waals surface area contributed by atoms with E-state index in [1.807, 2.05) is 0 Å². The van der Waals surface area contributed by atoms with Crippen molar-refractivity contribution in [2.45, 2.75) is 44.0 Å². The summed E-state index contributed by atoms with van der Waals surface area (Å²) in [5.74, 6) is -0.987. The zero-order valence-corrected chi connectivity index (χ0v) is 16.3. The van der Waals surface area contributed by atoms with Crippen LogP contribution in [0.1, 0.15) is 52.0 Å². The number of H-pyrrole nitrogens is 1. The molecule has 160 valence electrons. The van der Waals surface area contributed by atoms with Crippen molar-refractivity contribution in [1.82, 2.24) is 15.1 Å². The molecule has 0 spiro atoms. The summed E-state index contributed by atoms with van der Waals surface area (Å²) in [5, 5.41) is 6.18. The Morgan fingerprint density at radius 2 is 1.74 bits per heavy atom. The van der Waals surface area contributed by atoms with Crippen molar-refractivity contribution in [3.05, 3.63) is 59.3 Å². The molecule has 0 saturated heterocycles. The van der Waals surface area contributed by atoms with Gasteiger partial charge in [-0.25, -0.2) is 0 Å². The van der Waals surface area contributed by atoms with Crippen molar-refractivity contribution in [3.63, 3.8) is 0 Å². The molecule has 1 fully saturated rings. The van der Waals surface area contributed by atoms with Gasteiger partial charge in [0.1, 0.15) is 17.4 Å². The molecule has 31 heavy (non-hydrogen) atoms.